The molecule has 0 aliphatic rings. The molecule has 3 aromatic heterocycles. The van der Waals surface area contributed by atoms with Crippen molar-refractivity contribution in [2.45, 2.75) is 39.9 Å². The molecule has 0 saturated carbocycles. The van der Waals surface area contributed by atoms with Gasteiger partial charge < -0.3 is 4.74 Å². The molecule has 5 heteroatoms. The Kier molecular flexibility index (Phi) is 6.68. The highest BCUT2D eigenvalue weighted by Gasteiger charge is 2.22. The van der Waals surface area contributed by atoms with Crippen molar-refractivity contribution in [1.82, 2.24) is 14.1 Å². The molecule has 0 radical (unpaired) electrons. The van der Waals surface area contributed by atoms with Crippen molar-refractivity contribution in [1.29, 1.82) is 0 Å². The van der Waals surface area contributed by atoms with Gasteiger partial charge in [0.25, 0.3) is 6.33 Å². The number of aromatic nitrogens is 4. The number of imidazole rings is 1. The van der Waals surface area contributed by atoms with Crippen LogP contribution in [0.1, 0.15) is 65.0 Å². The standard InChI is InChI=1S/C62H48N4O/c1-7-43-34-41(2)60(42(3)35-43)46-28-31-55-54(36-46)53-30-29-50(39-58(53)66(55)59-37-47(32-33-63-59)62(4,5)6)67-49-23-16-22-48(38-49)64-40-65(57-27-15-14-26-56(57)64)61-51(44-18-10-8-11-19-44)24-17-25-52(61)45-20-12-9-13-21-45/h1,8-39H,2-6H3/i2D3,3D3,8D,9D,10D,11D,12D,13D,18D,19D,20D,21D. The number of nitrogens with zero attached hydrogens (tertiary/aromatic N) is 4. The quantitative estimate of drug-likeness (QED) is 0.0866. The molecule has 11 aromatic rings. The van der Waals surface area contributed by atoms with Crippen molar-refractivity contribution in [3.05, 3.63) is 223 Å². The van der Waals surface area contributed by atoms with E-state index in [1.807, 2.05) is 53.1 Å². The molecule has 8 aromatic carbocycles. The Morgan fingerprint density at radius 3 is 2.06 bits per heavy atom. The van der Waals surface area contributed by atoms with Crippen LogP contribution in [0.4, 0.5) is 0 Å². The second kappa shape index (κ2) is 16.5. The minimum atomic E-state index is -2.72. The van der Waals surface area contributed by atoms with Gasteiger partial charge in [0, 0.05) is 36.8 Å². The predicted octanol–water partition coefficient (Wildman–Crippen LogP) is 14.9. The van der Waals surface area contributed by atoms with E-state index in [-0.39, 0.29) is 55.6 Å². The third kappa shape index (κ3) is 7.43. The molecule has 0 spiro atoms. The van der Waals surface area contributed by atoms with Crippen LogP contribution < -0.4 is 9.30 Å². The fourth-order valence-corrected chi connectivity index (χ4v) is 8.71. The lowest BCUT2D eigenvalue weighted by Crippen LogP contribution is -2.31. The molecule has 0 unspecified atom stereocenters. The summed E-state index contributed by atoms with van der Waals surface area (Å²) in [5.74, 6) is 3.81. The number of pyridine rings is 1. The highest BCUT2D eigenvalue weighted by Crippen LogP contribution is 2.40. The summed E-state index contributed by atoms with van der Waals surface area (Å²) in [6, 6.07) is 30.9. The monoisotopic (exact) mass is 880 g/mol. The zero-order valence-electron chi connectivity index (χ0n) is 52.5. The van der Waals surface area contributed by atoms with Crippen LogP contribution in [-0.4, -0.2) is 14.1 Å². The van der Waals surface area contributed by atoms with Crippen LogP contribution in [0.15, 0.2) is 194 Å². The average Bonchev–Trinajstić information content (AvgIpc) is 2.00. The van der Waals surface area contributed by atoms with Crippen LogP contribution in [-0.2, 0) is 5.41 Å². The van der Waals surface area contributed by atoms with E-state index in [0.717, 1.165) is 10.9 Å². The smallest absolute Gasteiger partial charge is 0.269 e. The first kappa shape index (κ1) is 27.1. The minimum Gasteiger partial charge on any atom is -0.458 e. The Morgan fingerprint density at radius 2 is 1.36 bits per heavy atom. The summed E-state index contributed by atoms with van der Waals surface area (Å²) in [6.45, 7) is 0.855. The third-order valence-corrected chi connectivity index (χ3v) is 11.8. The van der Waals surface area contributed by atoms with Gasteiger partial charge in [-0.05, 0) is 136 Å². The normalized spacial score (nSPS) is 15.4. The summed E-state index contributed by atoms with van der Waals surface area (Å²) in [5.41, 5.74) is 3.88. The molecule has 3 heterocycles. The zero-order valence-corrected chi connectivity index (χ0v) is 36.5. The van der Waals surface area contributed by atoms with E-state index >= 15 is 0 Å². The molecule has 0 atom stereocenters. The van der Waals surface area contributed by atoms with E-state index in [1.54, 1.807) is 82.1 Å². The van der Waals surface area contributed by atoms with E-state index in [0.29, 0.717) is 56.0 Å². The first-order valence-corrected chi connectivity index (χ1v) is 21.4. The molecular weight excluding hydrogens is 817 g/mol. The number of para-hydroxylation sites is 3. The summed E-state index contributed by atoms with van der Waals surface area (Å²) >= 11 is 0. The van der Waals surface area contributed by atoms with Crippen molar-refractivity contribution in [3.63, 3.8) is 0 Å². The lowest BCUT2D eigenvalue weighted by molar-refractivity contribution is -0.571. The second-order valence-corrected chi connectivity index (χ2v) is 17.1. The van der Waals surface area contributed by atoms with Gasteiger partial charge in [-0.15, -0.1) is 6.42 Å². The molecule has 67 heavy (non-hydrogen) atoms. The number of hydrogen-bond acceptors (Lipinski definition) is 2. The molecular formula is C62H48N4O. The van der Waals surface area contributed by atoms with Gasteiger partial charge in [0.2, 0.25) is 0 Å². The van der Waals surface area contributed by atoms with Gasteiger partial charge in [-0.2, -0.15) is 0 Å². The molecule has 0 saturated heterocycles. The molecule has 0 aliphatic heterocycles. The summed E-state index contributed by atoms with van der Waals surface area (Å²) < 4.78 is 150. The maximum Gasteiger partial charge on any atom is 0.269 e. The number of terminal acetylenes is 1. The lowest BCUT2D eigenvalue weighted by atomic mass is 9.88. The van der Waals surface area contributed by atoms with Gasteiger partial charge >= 0.3 is 0 Å². The van der Waals surface area contributed by atoms with Gasteiger partial charge in [-0.1, -0.05) is 142 Å². The third-order valence-electron chi connectivity index (χ3n) is 11.8. The lowest BCUT2D eigenvalue weighted by Gasteiger charge is -2.20. The molecule has 0 fully saturated rings. The molecule has 0 N–H and O–H groups in total. The predicted molar refractivity (Wildman–Crippen MR) is 275 cm³/mol. The van der Waals surface area contributed by atoms with Crippen LogP contribution >= 0.6 is 0 Å². The number of fused-ring (bicyclic) bond motifs is 4. The van der Waals surface area contributed by atoms with Crippen LogP contribution in [0.5, 0.6) is 11.5 Å². The number of ether oxygens (including phenoxy) is 1. The Morgan fingerprint density at radius 1 is 0.657 bits per heavy atom. The molecule has 5 nitrogen and oxygen atoms in total. The zero-order chi connectivity index (χ0) is 59.5. The topological polar surface area (TPSA) is 35.9 Å². The SMILES string of the molecule is [2H]c1c([2H])c([2H])c(-c2cccc(-c3c([2H])c([2H])c([2H])c([2H])c3[2H])c2-[n+]2[c-]n(-c3cccc(Oc4ccc5c6cc(-c7c(C([2H])([2H])[2H])cc(C#C)cc7C([2H])([2H])[2H])ccc6n(-c6cc(C(C)(C)C)ccn6)c5c4)c3)c3ccccc32)c([2H])c1[2H]. The second-order valence-electron chi connectivity index (χ2n) is 17.1. The van der Waals surface area contributed by atoms with Crippen LogP contribution in [0, 0.1) is 32.4 Å². The maximum absolute atomic E-state index is 9.06. The van der Waals surface area contributed by atoms with Crippen molar-refractivity contribution < 1.29 is 31.2 Å². The largest absolute Gasteiger partial charge is 0.458 e. The maximum atomic E-state index is 9.06. The van der Waals surface area contributed by atoms with Crippen LogP contribution in [0.2, 0.25) is 0 Å². The van der Waals surface area contributed by atoms with Gasteiger partial charge in [0.15, 0.2) is 0 Å². The van der Waals surface area contributed by atoms with E-state index in [2.05, 4.69) is 33.0 Å². The first-order valence-electron chi connectivity index (χ1n) is 29.4. The molecule has 11 rings (SSSR count). The number of benzene rings is 8. The fourth-order valence-electron chi connectivity index (χ4n) is 8.71. The summed E-state index contributed by atoms with van der Waals surface area (Å²) in [4.78, 5) is 4.84. The van der Waals surface area contributed by atoms with E-state index in [1.165, 1.54) is 12.1 Å². The van der Waals surface area contributed by atoms with Crippen LogP contribution in [0.3, 0.4) is 0 Å². The van der Waals surface area contributed by atoms with Crippen molar-refractivity contribution in [2.24, 2.45) is 0 Å². The first-order chi connectivity index (χ1) is 39.2. The van der Waals surface area contributed by atoms with Gasteiger partial charge in [-0.3, -0.25) is 13.7 Å². The van der Waals surface area contributed by atoms with E-state index < -0.39 is 74.1 Å². The van der Waals surface area contributed by atoms with Crippen molar-refractivity contribution in [3.8, 4) is 74.4 Å². The van der Waals surface area contributed by atoms with E-state index in [9.17, 15) is 0 Å². The molecule has 0 bridgehead atoms. The van der Waals surface area contributed by atoms with Gasteiger partial charge in [-0.25, -0.2) is 4.98 Å². The van der Waals surface area contributed by atoms with Crippen molar-refractivity contribution in [2.75, 3.05) is 0 Å². The van der Waals surface area contributed by atoms with Crippen molar-refractivity contribution >= 4 is 32.8 Å². The minimum absolute atomic E-state index is 0.0467. The summed E-state index contributed by atoms with van der Waals surface area (Å²) in [6.07, 6.45) is 10.9. The van der Waals surface area contributed by atoms with Gasteiger partial charge in [0.05, 0.1) is 47.1 Å². The summed E-state index contributed by atoms with van der Waals surface area (Å²) in [7, 11) is 0. The average molecular weight is 881 g/mol. The van der Waals surface area contributed by atoms with Crippen LogP contribution in [0.25, 0.3) is 83.4 Å². The number of aryl methyl sites for hydroxylation is 2. The number of rotatable bonds is 8. The fraction of sp³-hybridized carbons (Fsp3) is 0.0968. The van der Waals surface area contributed by atoms with Gasteiger partial charge in [0.1, 0.15) is 17.3 Å². The highest BCUT2D eigenvalue weighted by molar-refractivity contribution is 6.11. The molecule has 322 valence electrons. The Bertz CT molecular complexity index is 4400. The highest BCUT2D eigenvalue weighted by atomic mass is 16.5. The molecule has 0 aliphatic carbocycles. The van der Waals surface area contributed by atoms with E-state index in [4.69, 9.17) is 38.1 Å². The Hall–Kier alpha value is -8.46. The number of hydrogen-bond donors (Lipinski definition) is 0. The Labute approximate surface area is 414 Å². The Balaban J connectivity index is 1.09. The molecule has 0 amide bonds. The summed E-state index contributed by atoms with van der Waals surface area (Å²) in [5, 5.41) is 1.40.